The fraction of sp³-hybridized carbons (Fsp3) is 0.214. The van der Waals surface area contributed by atoms with Gasteiger partial charge in [0.05, 0.1) is 0 Å². The van der Waals surface area contributed by atoms with Crippen molar-refractivity contribution in [1.82, 2.24) is 10.2 Å². The van der Waals surface area contributed by atoms with Gasteiger partial charge < -0.3 is 11.1 Å². The Morgan fingerprint density at radius 3 is 2.80 bits per heavy atom. The number of benzene rings is 1. The Morgan fingerprint density at radius 2 is 2.15 bits per heavy atom. The summed E-state index contributed by atoms with van der Waals surface area (Å²) in [7, 11) is 0. The number of nitrogens with zero attached hydrogens (tertiary/aromatic N) is 2. The third kappa shape index (κ3) is 2.59. The van der Waals surface area contributed by atoms with Gasteiger partial charge in [0, 0.05) is 12.0 Å². The van der Waals surface area contributed by atoms with Crippen molar-refractivity contribution < 1.29 is 9.18 Å². The summed E-state index contributed by atoms with van der Waals surface area (Å²) in [6.07, 6.45) is 0.919. The molecule has 0 spiro atoms. The summed E-state index contributed by atoms with van der Waals surface area (Å²) in [6, 6.07) is 10.0. The Bertz CT molecular complexity index is 644. The minimum absolute atomic E-state index is 0.132. The Morgan fingerprint density at radius 1 is 1.30 bits per heavy atom. The zero-order valence-corrected chi connectivity index (χ0v) is 10.6. The normalized spacial score (nSPS) is 20.4. The van der Waals surface area contributed by atoms with Crippen LogP contribution >= 0.6 is 0 Å². The van der Waals surface area contributed by atoms with Crippen molar-refractivity contribution in [3.05, 3.63) is 53.5 Å². The maximum Gasteiger partial charge on any atom is 0.269 e. The molecule has 2 atom stereocenters. The molecule has 3 rings (SSSR count). The fourth-order valence-corrected chi connectivity index (χ4v) is 2.19. The molecule has 3 N–H and O–H groups in total. The molecule has 2 aromatic rings. The first kappa shape index (κ1) is 12.5. The van der Waals surface area contributed by atoms with E-state index in [0.717, 1.165) is 12.0 Å². The second kappa shape index (κ2) is 4.88. The first-order chi connectivity index (χ1) is 9.63. The molecule has 0 unspecified atom stereocenters. The zero-order chi connectivity index (χ0) is 14.1. The number of rotatable bonds is 4. The molecular weight excluding hydrogens is 259 g/mol. The average Bonchev–Trinajstić information content (AvgIpc) is 3.18. The first-order valence-corrected chi connectivity index (χ1v) is 6.29. The van der Waals surface area contributed by atoms with E-state index in [-0.39, 0.29) is 23.5 Å². The van der Waals surface area contributed by atoms with E-state index in [0.29, 0.717) is 5.82 Å². The van der Waals surface area contributed by atoms with Crippen LogP contribution in [-0.4, -0.2) is 22.1 Å². The second-order valence-corrected chi connectivity index (χ2v) is 4.82. The second-order valence-electron chi connectivity index (χ2n) is 4.82. The topological polar surface area (TPSA) is 80.9 Å². The van der Waals surface area contributed by atoms with Crippen LogP contribution in [0.25, 0.3) is 0 Å². The molecular formula is C14H13FN4O. The van der Waals surface area contributed by atoms with Gasteiger partial charge in [0.1, 0.15) is 11.6 Å². The SMILES string of the molecule is NC(=O)c1ccc(N[C@@H]2C[C@H]2c2cccc(F)c2)nn1. The van der Waals surface area contributed by atoms with Gasteiger partial charge in [0.15, 0.2) is 5.69 Å². The number of carbonyl (C=O) groups is 1. The number of nitrogens with one attached hydrogen (secondary N) is 1. The van der Waals surface area contributed by atoms with E-state index in [4.69, 9.17) is 5.73 Å². The number of nitrogens with two attached hydrogens (primary N) is 1. The largest absolute Gasteiger partial charge is 0.365 e. The lowest BCUT2D eigenvalue weighted by Gasteiger charge is -2.05. The van der Waals surface area contributed by atoms with E-state index >= 15 is 0 Å². The van der Waals surface area contributed by atoms with Crippen LogP contribution < -0.4 is 11.1 Å². The summed E-state index contributed by atoms with van der Waals surface area (Å²) in [5, 5.41) is 10.8. The molecule has 1 aromatic heterocycles. The average molecular weight is 272 g/mol. The van der Waals surface area contributed by atoms with Crippen LogP contribution in [0.4, 0.5) is 10.2 Å². The molecule has 20 heavy (non-hydrogen) atoms. The maximum absolute atomic E-state index is 13.1. The van der Waals surface area contributed by atoms with Crippen molar-refractivity contribution in [1.29, 1.82) is 0 Å². The van der Waals surface area contributed by atoms with Gasteiger partial charge in [-0.25, -0.2) is 4.39 Å². The molecule has 0 aliphatic heterocycles. The van der Waals surface area contributed by atoms with Crippen LogP contribution in [0, 0.1) is 5.82 Å². The van der Waals surface area contributed by atoms with E-state index in [1.54, 1.807) is 18.2 Å². The third-order valence-electron chi connectivity index (χ3n) is 3.32. The summed E-state index contributed by atoms with van der Waals surface area (Å²) in [5.74, 6) is 0.0362. The third-order valence-corrected chi connectivity index (χ3v) is 3.32. The number of aromatic nitrogens is 2. The molecule has 1 fully saturated rings. The fourth-order valence-electron chi connectivity index (χ4n) is 2.19. The minimum Gasteiger partial charge on any atom is -0.365 e. The monoisotopic (exact) mass is 272 g/mol. The summed E-state index contributed by atoms with van der Waals surface area (Å²) in [4.78, 5) is 10.9. The number of amides is 1. The van der Waals surface area contributed by atoms with E-state index in [2.05, 4.69) is 15.5 Å². The smallest absolute Gasteiger partial charge is 0.269 e. The molecule has 1 amide bonds. The quantitative estimate of drug-likeness (QED) is 0.887. The van der Waals surface area contributed by atoms with Gasteiger partial charge in [-0.15, -0.1) is 10.2 Å². The number of hydrogen-bond donors (Lipinski definition) is 2. The van der Waals surface area contributed by atoms with E-state index in [1.165, 1.54) is 12.1 Å². The van der Waals surface area contributed by atoms with Crippen LogP contribution in [0.15, 0.2) is 36.4 Å². The lowest BCUT2D eigenvalue weighted by Crippen LogP contribution is -2.14. The number of hydrogen-bond acceptors (Lipinski definition) is 4. The van der Waals surface area contributed by atoms with Crippen molar-refractivity contribution in [3.63, 3.8) is 0 Å². The number of carbonyl (C=O) groups excluding carboxylic acids is 1. The van der Waals surface area contributed by atoms with Crippen molar-refractivity contribution in [2.45, 2.75) is 18.4 Å². The van der Waals surface area contributed by atoms with Crippen LogP contribution in [0.1, 0.15) is 28.4 Å². The minimum atomic E-state index is -0.604. The Hall–Kier alpha value is -2.50. The van der Waals surface area contributed by atoms with Crippen LogP contribution in [0.2, 0.25) is 0 Å². The van der Waals surface area contributed by atoms with Crippen molar-refractivity contribution >= 4 is 11.7 Å². The van der Waals surface area contributed by atoms with Gasteiger partial charge >= 0.3 is 0 Å². The highest BCUT2D eigenvalue weighted by molar-refractivity contribution is 5.90. The van der Waals surface area contributed by atoms with Crippen LogP contribution in [0.3, 0.4) is 0 Å². The van der Waals surface area contributed by atoms with Gasteiger partial charge in [-0.1, -0.05) is 12.1 Å². The van der Waals surface area contributed by atoms with Crippen LogP contribution in [-0.2, 0) is 0 Å². The Kier molecular flexibility index (Phi) is 3.06. The summed E-state index contributed by atoms with van der Waals surface area (Å²) >= 11 is 0. The molecule has 1 saturated carbocycles. The van der Waals surface area contributed by atoms with Gasteiger partial charge in [-0.05, 0) is 36.2 Å². The number of anilines is 1. The molecule has 1 heterocycles. The molecule has 0 radical (unpaired) electrons. The molecule has 0 saturated heterocycles. The first-order valence-electron chi connectivity index (χ1n) is 6.29. The van der Waals surface area contributed by atoms with Gasteiger partial charge in [0.2, 0.25) is 0 Å². The van der Waals surface area contributed by atoms with E-state index in [1.807, 2.05) is 6.07 Å². The van der Waals surface area contributed by atoms with E-state index in [9.17, 15) is 9.18 Å². The van der Waals surface area contributed by atoms with Crippen molar-refractivity contribution in [3.8, 4) is 0 Å². The molecule has 1 aromatic carbocycles. The van der Waals surface area contributed by atoms with Crippen molar-refractivity contribution in [2.75, 3.05) is 5.32 Å². The molecule has 1 aliphatic rings. The van der Waals surface area contributed by atoms with Crippen LogP contribution in [0.5, 0.6) is 0 Å². The highest BCUT2D eigenvalue weighted by Crippen LogP contribution is 2.42. The maximum atomic E-state index is 13.1. The Balaban J connectivity index is 1.64. The number of halogens is 1. The van der Waals surface area contributed by atoms with Gasteiger partial charge in [-0.3, -0.25) is 4.79 Å². The zero-order valence-electron chi connectivity index (χ0n) is 10.6. The molecule has 6 heteroatoms. The highest BCUT2D eigenvalue weighted by Gasteiger charge is 2.38. The van der Waals surface area contributed by atoms with Gasteiger partial charge in [0.25, 0.3) is 5.91 Å². The van der Waals surface area contributed by atoms with Gasteiger partial charge in [-0.2, -0.15) is 0 Å². The lowest BCUT2D eigenvalue weighted by atomic mass is 10.1. The number of primary amides is 1. The molecule has 5 nitrogen and oxygen atoms in total. The highest BCUT2D eigenvalue weighted by atomic mass is 19.1. The summed E-state index contributed by atoms with van der Waals surface area (Å²) in [6.45, 7) is 0. The Labute approximate surface area is 115 Å². The predicted octanol–water partition coefficient (Wildman–Crippen LogP) is 1.68. The van der Waals surface area contributed by atoms with Crippen molar-refractivity contribution in [2.24, 2.45) is 5.73 Å². The molecule has 0 bridgehead atoms. The lowest BCUT2D eigenvalue weighted by molar-refractivity contribution is 0.0994. The predicted molar refractivity (Wildman–Crippen MR) is 71.7 cm³/mol. The molecule has 102 valence electrons. The summed E-state index contributed by atoms with van der Waals surface area (Å²) in [5.41, 5.74) is 6.20. The summed E-state index contributed by atoms with van der Waals surface area (Å²) < 4.78 is 13.1. The standard InChI is InChI=1S/C14H13FN4O/c15-9-3-1-2-8(6-9)10-7-12(10)17-13-5-4-11(14(16)20)18-19-13/h1-6,10,12H,7H2,(H2,16,20)(H,17,19)/t10-,12+/m0/s1. The molecule has 1 aliphatic carbocycles. The van der Waals surface area contributed by atoms with E-state index < -0.39 is 5.91 Å².